The molecule has 2 atom stereocenters. The second-order valence-electron chi connectivity index (χ2n) is 6.64. The fraction of sp³-hybridized carbons (Fsp3) is 0.300. The summed E-state index contributed by atoms with van der Waals surface area (Å²) in [5, 5.41) is 4.11. The number of likely N-dealkylation sites (tertiary alicyclic amines) is 1. The lowest BCUT2D eigenvalue weighted by molar-refractivity contribution is 0.263. The highest BCUT2D eigenvalue weighted by Crippen LogP contribution is 2.27. The van der Waals surface area contributed by atoms with Crippen LogP contribution >= 0.6 is 0 Å². The third-order valence-corrected chi connectivity index (χ3v) is 4.74. The molecule has 0 bridgehead atoms. The molecule has 1 fully saturated rings. The van der Waals surface area contributed by atoms with Gasteiger partial charge < -0.3 is 10.3 Å². The summed E-state index contributed by atoms with van der Waals surface area (Å²) in [6.07, 6.45) is 0.691. The Morgan fingerprint density at radius 2 is 1.72 bits per heavy atom. The number of nitrogens with two attached hydrogens (primary N) is 1. The van der Waals surface area contributed by atoms with Gasteiger partial charge in [-0.1, -0.05) is 65.8 Å². The predicted octanol–water partition coefficient (Wildman–Crippen LogP) is 2.59. The third kappa shape index (κ3) is 3.78. The van der Waals surface area contributed by atoms with E-state index >= 15 is 0 Å². The van der Waals surface area contributed by atoms with Crippen LogP contribution in [0, 0.1) is 0 Å². The number of rotatable bonds is 5. The smallest absolute Gasteiger partial charge is 0.240 e. The molecule has 25 heavy (non-hydrogen) atoms. The Morgan fingerprint density at radius 3 is 2.48 bits per heavy atom. The SMILES string of the molecule is N[C@@H]1CN(Cc2nc(Cc3ccccc3)no2)C[C@H]1c1ccccc1. The highest BCUT2D eigenvalue weighted by molar-refractivity contribution is 5.23. The molecule has 2 heterocycles. The first-order valence-corrected chi connectivity index (χ1v) is 8.66. The van der Waals surface area contributed by atoms with E-state index in [2.05, 4.69) is 51.4 Å². The van der Waals surface area contributed by atoms with Crippen LogP contribution in [0.3, 0.4) is 0 Å². The second-order valence-corrected chi connectivity index (χ2v) is 6.64. The van der Waals surface area contributed by atoms with Gasteiger partial charge in [0.15, 0.2) is 5.82 Å². The molecule has 1 saturated heterocycles. The summed E-state index contributed by atoms with van der Waals surface area (Å²) in [6.45, 7) is 2.41. The van der Waals surface area contributed by atoms with Gasteiger partial charge in [0.1, 0.15) is 0 Å². The van der Waals surface area contributed by atoms with Crippen LogP contribution in [0.4, 0.5) is 0 Å². The molecular formula is C20H22N4O. The summed E-state index contributed by atoms with van der Waals surface area (Å²) in [5.74, 6) is 1.74. The summed E-state index contributed by atoms with van der Waals surface area (Å²) in [7, 11) is 0. The minimum absolute atomic E-state index is 0.133. The molecule has 128 valence electrons. The average molecular weight is 334 g/mol. The quantitative estimate of drug-likeness (QED) is 0.777. The van der Waals surface area contributed by atoms with Crippen molar-refractivity contribution in [3.63, 3.8) is 0 Å². The zero-order valence-corrected chi connectivity index (χ0v) is 14.1. The highest BCUT2D eigenvalue weighted by Gasteiger charge is 2.31. The highest BCUT2D eigenvalue weighted by atomic mass is 16.5. The summed E-state index contributed by atoms with van der Waals surface area (Å²) >= 11 is 0. The Bertz CT molecular complexity index is 803. The van der Waals surface area contributed by atoms with Gasteiger partial charge in [0.05, 0.1) is 6.54 Å². The van der Waals surface area contributed by atoms with Gasteiger partial charge in [-0.3, -0.25) is 4.90 Å². The van der Waals surface area contributed by atoms with Gasteiger partial charge in [-0.2, -0.15) is 4.98 Å². The Labute approximate surface area is 147 Å². The largest absolute Gasteiger partial charge is 0.338 e. The van der Waals surface area contributed by atoms with E-state index in [4.69, 9.17) is 10.3 Å². The van der Waals surface area contributed by atoms with Crippen molar-refractivity contribution in [3.05, 3.63) is 83.5 Å². The maximum atomic E-state index is 6.35. The van der Waals surface area contributed by atoms with Crippen molar-refractivity contribution >= 4 is 0 Å². The van der Waals surface area contributed by atoms with Crippen LogP contribution in [0.5, 0.6) is 0 Å². The average Bonchev–Trinajstić information content (AvgIpc) is 3.23. The van der Waals surface area contributed by atoms with E-state index in [9.17, 15) is 0 Å². The summed E-state index contributed by atoms with van der Waals surface area (Å²) in [6, 6.07) is 20.8. The molecular weight excluding hydrogens is 312 g/mol. The molecule has 5 nitrogen and oxygen atoms in total. The van der Waals surface area contributed by atoms with Crippen LogP contribution in [0.1, 0.15) is 28.8 Å². The van der Waals surface area contributed by atoms with E-state index in [0.717, 1.165) is 18.9 Å². The number of benzene rings is 2. The van der Waals surface area contributed by atoms with Gasteiger partial charge in [0.25, 0.3) is 0 Å². The maximum Gasteiger partial charge on any atom is 0.240 e. The standard InChI is InChI=1S/C20H22N4O/c21-18-13-24(12-17(18)16-9-5-2-6-10-16)14-20-22-19(23-25-20)11-15-7-3-1-4-8-15/h1-10,17-18H,11-14,21H2/t17-,18+/m0/s1. The normalized spacial score (nSPS) is 20.8. The van der Waals surface area contributed by atoms with Crippen molar-refractivity contribution < 1.29 is 4.52 Å². The van der Waals surface area contributed by atoms with Crippen LogP contribution in [0.2, 0.25) is 0 Å². The van der Waals surface area contributed by atoms with E-state index in [-0.39, 0.29) is 6.04 Å². The zero-order chi connectivity index (χ0) is 17.1. The Hall–Kier alpha value is -2.50. The van der Waals surface area contributed by atoms with Gasteiger partial charge >= 0.3 is 0 Å². The maximum absolute atomic E-state index is 6.35. The molecule has 2 N–H and O–H groups in total. The molecule has 1 aliphatic rings. The van der Waals surface area contributed by atoms with Crippen LogP contribution < -0.4 is 5.73 Å². The van der Waals surface area contributed by atoms with Crippen LogP contribution in [0.15, 0.2) is 65.2 Å². The predicted molar refractivity (Wildman–Crippen MR) is 96.0 cm³/mol. The summed E-state index contributed by atoms with van der Waals surface area (Å²) in [4.78, 5) is 6.83. The molecule has 0 radical (unpaired) electrons. The van der Waals surface area contributed by atoms with Crippen molar-refractivity contribution in [2.24, 2.45) is 5.73 Å². The molecule has 1 aliphatic heterocycles. The fourth-order valence-electron chi connectivity index (χ4n) is 3.49. The number of hydrogen-bond donors (Lipinski definition) is 1. The lowest BCUT2D eigenvalue weighted by Gasteiger charge is -2.14. The van der Waals surface area contributed by atoms with Crippen molar-refractivity contribution in [2.75, 3.05) is 13.1 Å². The lowest BCUT2D eigenvalue weighted by atomic mass is 9.95. The van der Waals surface area contributed by atoms with Gasteiger partial charge in [-0.25, -0.2) is 0 Å². The summed E-state index contributed by atoms with van der Waals surface area (Å²) in [5.41, 5.74) is 8.84. The van der Waals surface area contributed by atoms with Crippen molar-refractivity contribution in [2.45, 2.75) is 24.9 Å². The minimum Gasteiger partial charge on any atom is -0.338 e. The first-order chi connectivity index (χ1) is 12.3. The number of hydrogen-bond acceptors (Lipinski definition) is 5. The molecule has 3 aromatic rings. The van der Waals surface area contributed by atoms with E-state index in [0.29, 0.717) is 24.8 Å². The van der Waals surface area contributed by atoms with E-state index in [1.807, 2.05) is 24.3 Å². The van der Waals surface area contributed by atoms with E-state index in [1.165, 1.54) is 11.1 Å². The van der Waals surface area contributed by atoms with Crippen molar-refractivity contribution in [3.8, 4) is 0 Å². The number of nitrogens with zero attached hydrogens (tertiary/aromatic N) is 3. The van der Waals surface area contributed by atoms with Gasteiger partial charge in [0.2, 0.25) is 5.89 Å². The molecule has 0 unspecified atom stereocenters. The Balaban J connectivity index is 1.38. The van der Waals surface area contributed by atoms with Crippen molar-refractivity contribution in [1.82, 2.24) is 15.0 Å². The molecule has 2 aromatic carbocycles. The molecule has 4 rings (SSSR count). The zero-order valence-electron chi connectivity index (χ0n) is 14.1. The van der Waals surface area contributed by atoms with Crippen LogP contribution in [-0.4, -0.2) is 34.2 Å². The minimum atomic E-state index is 0.133. The number of aromatic nitrogens is 2. The van der Waals surface area contributed by atoms with Crippen LogP contribution in [-0.2, 0) is 13.0 Å². The molecule has 5 heteroatoms. The first kappa shape index (κ1) is 16.0. The van der Waals surface area contributed by atoms with Crippen molar-refractivity contribution in [1.29, 1.82) is 0 Å². The molecule has 0 saturated carbocycles. The van der Waals surface area contributed by atoms with Gasteiger partial charge in [0, 0.05) is 31.5 Å². The molecule has 0 aliphatic carbocycles. The van der Waals surface area contributed by atoms with Gasteiger partial charge in [-0.05, 0) is 11.1 Å². The first-order valence-electron chi connectivity index (χ1n) is 8.66. The molecule has 1 aromatic heterocycles. The van der Waals surface area contributed by atoms with Gasteiger partial charge in [-0.15, -0.1) is 0 Å². The van der Waals surface area contributed by atoms with E-state index in [1.54, 1.807) is 0 Å². The topological polar surface area (TPSA) is 68.2 Å². The monoisotopic (exact) mass is 334 g/mol. The fourth-order valence-corrected chi connectivity index (χ4v) is 3.49. The lowest BCUT2D eigenvalue weighted by Crippen LogP contribution is -2.28. The van der Waals surface area contributed by atoms with Crippen LogP contribution in [0.25, 0.3) is 0 Å². The Morgan fingerprint density at radius 1 is 1.00 bits per heavy atom. The Kier molecular flexibility index (Phi) is 4.59. The van der Waals surface area contributed by atoms with E-state index < -0.39 is 0 Å². The summed E-state index contributed by atoms with van der Waals surface area (Å²) < 4.78 is 5.43. The third-order valence-electron chi connectivity index (χ3n) is 4.74. The molecule has 0 spiro atoms. The second kappa shape index (κ2) is 7.17. The molecule has 0 amide bonds.